The van der Waals surface area contributed by atoms with E-state index in [0.717, 1.165) is 21.2 Å². The molecule has 12 heteroatoms. The molecule has 1 saturated heterocycles. The molecule has 35 heavy (non-hydrogen) atoms. The fraction of sp³-hybridized carbons (Fsp3) is 0.304. The van der Waals surface area contributed by atoms with Gasteiger partial charge in [0.05, 0.1) is 15.2 Å². The van der Waals surface area contributed by atoms with E-state index >= 15 is 0 Å². The predicted molar refractivity (Wildman–Crippen MR) is 147 cm³/mol. The third kappa shape index (κ3) is 4.98. The van der Waals surface area contributed by atoms with Crippen molar-refractivity contribution in [1.82, 2.24) is 14.8 Å². The predicted octanol–water partition coefficient (Wildman–Crippen LogP) is 1.96. The number of nitrogens with one attached hydrogen (secondary N) is 1. The summed E-state index contributed by atoms with van der Waals surface area (Å²) in [5.74, 6) is -1.12. The van der Waals surface area contributed by atoms with E-state index in [9.17, 15) is 19.5 Å². The fourth-order valence-electron chi connectivity index (χ4n) is 3.82. The van der Waals surface area contributed by atoms with Crippen molar-refractivity contribution in [3.63, 3.8) is 0 Å². The first-order valence-corrected chi connectivity index (χ1v) is 13.8. The summed E-state index contributed by atoms with van der Waals surface area (Å²) >= 11 is 9.27. The summed E-state index contributed by atoms with van der Waals surface area (Å²) in [6.07, 6.45) is 3.49. The lowest BCUT2D eigenvalue weighted by Gasteiger charge is -2.17. The molecule has 1 amide bonds. The summed E-state index contributed by atoms with van der Waals surface area (Å²) in [5, 5.41) is 13.3. The molecule has 0 spiro atoms. The van der Waals surface area contributed by atoms with Crippen LogP contribution >= 0.6 is 47.1 Å². The Morgan fingerprint density at radius 3 is 2.54 bits per heavy atom. The molecule has 0 unspecified atom stereocenters. The van der Waals surface area contributed by atoms with Crippen LogP contribution in [0, 0.1) is 0 Å². The second-order valence-corrected chi connectivity index (χ2v) is 11.4. The number of carboxylic acids is 1. The van der Waals surface area contributed by atoms with Gasteiger partial charge in [0.15, 0.2) is 0 Å². The number of rotatable bonds is 7. The number of benzene rings is 1. The molecule has 2 aliphatic heterocycles. The molecule has 1 aromatic heterocycles. The van der Waals surface area contributed by atoms with E-state index in [4.69, 9.17) is 12.2 Å². The van der Waals surface area contributed by atoms with E-state index < -0.39 is 5.97 Å². The van der Waals surface area contributed by atoms with Crippen LogP contribution in [-0.2, 0) is 22.7 Å². The highest BCUT2D eigenvalue weighted by molar-refractivity contribution is 8.30. The monoisotopic (exact) mass is 548 g/mol. The van der Waals surface area contributed by atoms with Crippen molar-refractivity contribution >= 4 is 79.9 Å². The van der Waals surface area contributed by atoms with E-state index in [1.165, 1.54) is 39.8 Å². The summed E-state index contributed by atoms with van der Waals surface area (Å²) in [6.45, 7) is 5.15. The number of thioether (sulfide) groups is 2. The molecule has 2 aromatic rings. The summed E-state index contributed by atoms with van der Waals surface area (Å²) < 4.78 is 3.15. The first-order chi connectivity index (χ1) is 16.8. The maximum atomic E-state index is 13.1. The van der Waals surface area contributed by atoms with E-state index in [2.05, 4.69) is 5.32 Å². The molecule has 2 N–H and O–H groups in total. The highest BCUT2D eigenvalue weighted by Crippen LogP contribution is 2.46. The number of amides is 1. The Morgan fingerprint density at radius 1 is 1.14 bits per heavy atom. The van der Waals surface area contributed by atoms with Crippen molar-refractivity contribution in [3.05, 3.63) is 54.4 Å². The van der Waals surface area contributed by atoms with Gasteiger partial charge in [-0.2, -0.15) is 0 Å². The molecular formula is C23H24N4O4S4. The largest absolute Gasteiger partial charge is 0.480 e. The van der Waals surface area contributed by atoms with Crippen LogP contribution in [0.4, 0.5) is 5.69 Å². The zero-order chi connectivity index (χ0) is 25.3. The second kappa shape index (κ2) is 10.7. The van der Waals surface area contributed by atoms with Crippen molar-refractivity contribution in [2.24, 2.45) is 0 Å². The highest BCUT2D eigenvalue weighted by Gasteiger charge is 2.33. The first-order valence-electron chi connectivity index (χ1n) is 10.9. The van der Waals surface area contributed by atoms with Gasteiger partial charge in [0, 0.05) is 24.5 Å². The Labute approximate surface area is 220 Å². The standard InChI is InChI=1S/C23H24N4O4S4/c1-4-25-20(30)15(34-22(25)19-21(31)26(5-2)23(32)35-19)8-9-17-27(12-18(28)29)14-7-6-13(11-24-3)10-16(14)33-17/h6-10,24H,4-5,11-12H2,1-3H3,(H,28,29). The van der Waals surface area contributed by atoms with Crippen molar-refractivity contribution in [1.29, 1.82) is 0 Å². The Hall–Kier alpha value is -2.38. The fourth-order valence-corrected chi connectivity index (χ4v) is 7.60. The van der Waals surface area contributed by atoms with Crippen LogP contribution in [0.5, 0.6) is 0 Å². The number of carbonyl (C=O) groups excluding carboxylic acids is 1. The molecule has 0 atom stereocenters. The van der Waals surface area contributed by atoms with Crippen LogP contribution in [0.25, 0.3) is 11.0 Å². The number of carboxylic acid groups (broad SMARTS) is 1. The van der Waals surface area contributed by atoms with E-state index in [0.29, 0.717) is 38.1 Å². The van der Waals surface area contributed by atoms with Gasteiger partial charge in [-0.1, -0.05) is 41.8 Å². The van der Waals surface area contributed by atoms with Crippen LogP contribution in [-0.4, -0.2) is 50.9 Å². The molecule has 1 fully saturated rings. The Morgan fingerprint density at radius 2 is 1.91 bits per heavy atom. The van der Waals surface area contributed by atoms with E-state index in [1.54, 1.807) is 21.6 Å². The van der Waals surface area contributed by atoms with Crippen molar-refractivity contribution in [2.45, 2.75) is 31.8 Å². The van der Waals surface area contributed by atoms with Crippen molar-refractivity contribution < 1.29 is 14.7 Å². The quantitative estimate of drug-likeness (QED) is 0.504. The lowest BCUT2D eigenvalue weighted by atomic mass is 10.2. The first kappa shape index (κ1) is 25.7. The lowest BCUT2D eigenvalue weighted by Crippen LogP contribution is -2.33. The van der Waals surface area contributed by atoms with Gasteiger partial charge >= 0.3 is 5.97 Å². The van der Waals surface area contributed by atoms with Crippen LogP contribution in [0.1, 0.15) is 19.4 Å². The summed E-state index contributed by atoms with van der Waals surface area (Å²) in [4.78, 5) is 42.2. The Balaban J connectivity index is 1.79. The van der Waals surface area contributed by atoms with Gasteiger partial charge in [0.25, 0.3) is 11.5 Å². The molecule has 8 nitrogen and oxygen atoms in total. The number of thiocarbonyl (C=S) groups is 1. The van der Waals surface area contributed by atoms with Gasteiger partial charge in [0.2, 0.25) is 0 Å². The van der Waals surface area contributed by atoms with Gasteiger partial charge in [-0.3, -0.25) is 23.9 Å². The summed E-state index contributed by atoms with van der Waals surface area (Å²) in [5.41, 5.74) is 1.74. The van der Waals surface area contributed by atoms with Gasteiger partial charge < -0.3 is 15.3 Å². The smallest absolute Gasteiger partial charge is 0.323 e. The third-order valence-electron chi connectivity index (χ3n) is 5.43. The van der Waals surface area contributed by atoms with Crippen molar-refractivity contribution in [2.75, 3.05) is 25.0 Å². The van der Waals surface area contributed by atoms with E-state index in [1.807, 2.05) is 39.1 Å². The molecule has 4 rings (SSSR count). The molecule has 0 radical (unpaired) electrons. The van der Waals surface area contributed by atoms with Crippen molar-refractivity contribution in [3.8, 4) is 0 Å². The molecule has 0 aliphatic carbocycles. The van der Waals surface area contributed by atoms with Crippen LogP contribution in [0.15, 0.2) is 39.0 Å². The Bertz CT molecular complexity index is 1430. The minimum Gasteiger partial charge on any atom is -0.480 e. The number of hydrogen-bond acceptors (Lipinski definition) is 9. The lowest BCUT2D eigenvalue weighted by molar-refractivity contribution is -0.135. The van der Waals surface area contributed by atoms with Gasteiger partial charge in [-0.15, -0.1) is 11.3 Å². The minimum absolute atomic E-state index is 0.178. The maximum absolute atomic E-state index is 13.1. The number of allylic oxidation sites excluding steroid dienone is 1. The number of fused-ring (bicyclic) bond motifs is 1. The Kier molecular flexibility index (Phi) is 7.86. The van der Waals surface area contributed by atoms with E-state index in [-0.39, 0.29) is 18.0 Å². The number of carbonyl (C=O) groups is 2. The minimum atomic E-state index is -0.944. The molecule has 3 heterocycles. The van der Waals surface area contributed by atoms with Crippen LogP contribution < -0.4 is 25.0 Å². The number of anilines is 1. The maximum Gasteiger partial charge on any atom is 0.323 e. The number of thiazole rings is 1. The molecular weight excluding hydrogens is 525 g/mol. The highest BCUT2D eigenvalue weighted by atomic mass is 32.2. The SMILES string of the molecule is CCN1C(=O)C(=c2sc(=CC=C3Sc4cc(CNC)ccc4N3CC(=O)O)c(=O)n2CC)SC1=S. The molecule has 2 aliphatic rings. The third-order valence-corrected chi connectivity index (χ3v) is 9.26. The zero-order valence-electron chi connectivity index (χ0n) is 19.4. The molecule has 0 bridgehead atoms. The number of aromatic nitrogens is 1. The molecule has 1 aromatic carbocycles. The van der Waals surface area contributed by atoms with Gasteiger partial charge in [0.1, 0.15) is 20.4 Å². The number of nitrogens with zero attached hydrogens (tertiary/aromatic N) is 3. The number of aliphatic carboxylic acids is 1. The summed E-state index contributed by atoms with van der Waals surface area (Å²) in [6, 6.07) is 5.94. The normalized spacial score (nSPS) is 18.8. The average molecular weight is 549 g/mol. The van der Waals surface area contributed by atoms with Gasteiger partial charge in [-0.05, 0) is 50.7 Å². The molecule has 184 valence electrons. The van der Waals surface area contributed by atoms with Crippen LogP contribution in [0.3, 0.4) is 0 Å². The number of hydrogen-bond donors (Lipinski definition) is 2. The van der Waals surface area contributed by atoms with Crippen LogP contribution in [0.2, 0.25) is 0 Å². The summed E-state index contributed by atoms with van der Waals surface area (Å²) in [7, 11) is 1.87. The zero-order valence-corrected chi connectivity index (χ0v) is 22.6. The topological polar surface area (TPSA) is 94.9 Å². The molecule has 0 saturated carbocycles. The average Bonchev–Trinajstić information content (AvgIpc) is 3.42. The second-order valence-electron chi connectivity index (χ2n) is 7.65. The van der Waals surface area contributed by atoms with Gasteiger partial charge in [-0.25, -0.2) is 0 Å².